The summed E-state index contributed by atoms with van der Waals surface area (Å²) in [4.78, 5) is 10.4. The van der Waals surface area contributed by atoms with Crippen molar-refractivity contribution in [1.29, 1.82) is 0 Å². The number of aryl methyl sites for hydroxylation is 1. The Morgan fingerprint density at radius 1 is 1.19 bits per heavy atom. The van der Waals surface area contributed by atoms with Crippen molar-refractivity contribution in [2.45, 2.75) is 18.5 Å². The Hall–Kier alpha value is -2.74. The molecule has 6 nitrogen and oxygen atoms in total. The third kappa shape index (κ3) is 3.24. The molecule has 2 saturated heterocycles. The van der Waals surface area contributed by atoms with Gasteiger partial charge < -0.3 is 4.74 Å². The predicted octanol–water partition coefficient (Wildman–Crippen LogP) is 3.90. The standard InChI is InChI=1S/C15H15FN4.C8H7ClO2/c1-18-15(9-2-4-10(16)5-3-9)12-6-11-7-19-8-13(20(11)19)14(12)17-18;1-11-7-4-2-3-6(5-10)8(7)9/h2-5,11,13H,6-8H2,1H3;2-5H,1H3. The summed E-state index contributed by atoms with van der Waals surface area (Å²) >= 11 is 5.75. The molecule has 0 bridgehead atoms. The topological polar surface area (TPSA) is 50.6 Å². The zero-order valence-corrected chi connectivity index (χ0v) is 18.0. The number of rotatable bonds is 3. The van der Waals surface area contributed by atoms with E-state index in [9.17, 15) is 9.18 Å². The summed E-state index contributed by atoms with van der Waals surface area (Å²) < 4.78 is 20.0. The summed E-state index contributed by atoms with van der Waals surface area (Å²) in [7, 11) is 3.50. The first-order valence-corrected chi connectivity index (χ1v) is 10.5. The van der Waals surface area contributed by atoms with E-state index in [1.165, 1.54) is 37.0 Å². The lowest BCUT2D eigenvalue weighted by Gasteiger charge is -2.65. The van der Waals surface area contributed by atoms with E-state index in [-0.39, 0.29) is 5.82 Å². The fourth-order valence-corrected chi connectivity index (χ4v) is 5.02. The van der Waals surface area contributed by atoms with E-state index >= 15 is 0 Å². The number of benzene rings is 2. The van der Waals surface area contributed by atoms with Crippen molar-refractivity contribution in [3.63, 3.8) is 0 Å². The second-order valence-electron chi connectivity index (χ2n) is 7.95. The van der Waals surface area contributed by atoms with Gasteiger partial charge in [0.15, 0.2) is 6.29 Å². The van der Waals surface area contributed by atoms with Gasteiger partial charge >= 0.3 is 0 Å². The van der Waals surface area contributed by atoms with Crippen LogP contribution in [-0.4, -0.2) is 52.3 Å². The second-order valence-corrected chi connectivity index (χ2v) is 8.33. The van der Waals surface area contributed by atoms with Crippen molar-refractivity contribution in [3.05, 3.63) is 70.1 Å². The molecule has 0 saturated carbocycles. The molecule has 6 rings (SSSR count). The first kappa shape index (κ1) is 20.2. The van der Waals surface area contributed by atoms with Crippen LogP contribution in [0.4, 0.5) is 4.39 Å². The third-order valence-corrected chi connectivity index (χ3v) is 6.62. The van der Waals surface area contributed by atoms with Crippen LogP contribution in [0.1, 0.15) is 27.7 Å². The summed E-state index contributed by atoms with van der Waals surface area (Å²) in [6.45, 7) is 2.27. The molecule has 2 fully saturated rings. The van der Waals surface area contributed by atoms with Crippen molar-refractivity contribution < 1.29 is 13.9 Å². The average molecular weight is 441 g/mol. The van der Waals surface area contributed by atoms with Gasteiger partial charge in [-0.25, -0.2) is 14.4 Å². The van der Waals surface area contributed by atoms with Crippen molar-refractivity contribution >= 4 is 17.9 Å². The molecule has 4 heterocycles. The number of fused-ring (bicyclic) bond motifs is 2. The number of halogens is 2. The lowest BCUT2D eigenvalue weighted by atomic mass is 9.84. The fourth-order valence-electron chi connectivity index (χ4n) is 4.77. The maximum Gasteiger partial charge on any atom is 0.151 e. The summed E-state index contributed by atoms with van der Waals surface area (Å²) in [5, 5.41) is 9.96. The molecule has 0 spiro atoms. The summed E-state index contributed by atoms with van der Waals surface area (Å²) in [6.07, 6.45) is 1.76. The molecule has 160 valence electrons. The number of piperazine rings is 1. The van der Waals surface area contributed by atoms with Crippen molar-refractivity contribution in [2.75, 3.05) is 20.2 Å². The van der Waals surface area contributed by atoms with Crippen LogP contribution >= 0.6 is 11.6 Å². The molecule has 2 unspecified atom stereocenters. The predicted molar refractivity (Wildman–Crippen MR) is 116 cm³/mol. The first-order valence-electron chi connectivity index (χ1n) is 10.1. The molecular formula is C23H22ClFN4O2. The molecule has 31 heavy (non-hydrogen) atoms. The van der Waals surface area contributed by atoms with E-state index in [0.29, 0.717) is 34.7 Å². The fraction of sp³-hybridized carbons (Fsp3) is 0.304. The Labute approximate surface area is 184 Å². The molecule has 2 atom stereocenters. The molecule has 0 N–H and O–H groups in total. The van der Waals surface area contributed by atoms with Gasteiger partial charge in [0.2, 0.25) is 0 Å². The Bertz CT molecular complexity index is 1150. The number of methoxy groups -OCH3 is 1. The van der Waals surface area contributed by atoms with Gasteiger partial charge in [-0.1, -0.05) is 17.7 Å². The Kier molecular flexibility index (Phi) is 5.04. The molecule has 3 aliphatic heterocycles. The summed E-state index contributed by atoms with van der Waals surface area (Å²) in [6, 6.07) is 12.9. The Morgan fingerprint density at radius 3 is 2.65 bits per heavy atom. The zero-order valence-electron chi connectivity index (χ0n) is 17.3. The third-order valence-electron chi connectivity index (χ3n) is 6.21. The lowest BCUT2D eigenvalue weighted by molar-refractivity contribution is -0.283. The Balaban J connectivity index is 0.000000159. The van der Waals surface area contributed by atoms with E-state index in [1.54, 1.807) is 18.2 Å². The largest absolute Gasteiger partial charge is 0.495 e. The van der Waals surface area contributed by atoms with Crippen LogP contribution in [0.3, 0.4) is 0 Å². The van der Waals surface area contributed by atoms with E-state index in [2.05, 4.69) is 10.0 Å². The molecule has 0 aliphatic carbocycles. The van der Waals surface area contributed by atoms with Gasteiger partial charge in [0.25, 0.3) is 0 Å². The molecule has 2 aromatic carbocycles. The highest BCUT2D eigenvalue weighted by molar-refractivity contribution is 6.34. The smallest absolute Gasteiger partial charge is 0.151 e. The molecule has 0 amide bonds. The van der Waals surface area contributed by atoms with Gasteiger partial charge in [0, 0.05) is 42.9 Å². The van der Waals surface area contributed by atoms with Gasteiger partial charge in [0.05, 0.1) is 29.6 Å². The van der Waals surface area contributed by atoms with Crippen molar-refractivity contribution in [3.8, 4) is 17.0 Å². The summed E-state index contributed by atoms with van der Waals surface area (Å²) in [5.74, 6) is 0.334. The van der Waals surface area contributed by atoms with Gasteiger partial charge in [-0.3, -0.25) is 9.48 Å². The number of hydrogen-bond donors (Lipinski definition) is 0. The molecule has 3 aliphatic rings. The van der Waals surface area contributed by atoms with Crippen molar-refractivity contribution in [2.24, 2.45) is 7.05 Å². The van der Waals surface area contributed by atoms with E-state index in [4.69, 9.17) is 21.4 Å². The normalized spacial score (nSPS) is 21.0. The van der Waals surface area contributed by atoms with Gasteiger partial charge in [-0.15, -0.1) is 0 Å². The maximum atomic E-state index is 13.1. The number of carbonyl (C=O) groups excluding carboxylic acids is 1. The molecule has 8 heteroatoms. The van der Waals surface area contributed by atoms with Crippen LogP contribution in [-0.2, 0) is 13.5 Å². The molecule has 1 aromatic heterocycles. The highest BCUT2D eigenvalue weighted by atomic mass is 35.5. The van der Waals surface area contributed by atoms with Gasteiger partial charge in [-0.05, 0) is 42.8 Å². The van der Waals surface area contributed by atoms with Crippen LogP contribution in [0.25, 0.3) is 11.3 Å². The summed E-state index contributed by atoms with van der Waals surface area (Å²) in [5.41, 5.74) is 5.26. The highest BCUT2D eigenvalue weighted by Crippen LogP contribution is 2.48. The quantitative estimate of drug-likeness (QED) is 0.578. The number of carbonyl (C=O) groups is 1. The SMILES string of the molecule is COc1cccc(C=O)c1Cl.Cn1nc2c(c1-c1ccc(F)cc1)CC1CN3CC2N13. The van der Waals surface area contributed by atoms with E-state index in [0.717, 1.165) is 24.2 Å². The van der Waals surface area contributed by atoms with Crippen LogP contribution < -0.4 is 4.74 Å². The minimum atomic E-state index is -0.190. The second kappa shape index (κ2) is 7.75. The number of nitrogens with zero attached hydrogens (tertiary/aromatic N) is 4. The minimum absolute atomic E-state index is 0.190. The van der Waals surface area contributed by atoms with Crippen LogP contribution in [0.15, 0.2) is 42.5 Å². The van der Waals surface area contributed by atoms with Crippen molar-refractivity contribution in [1.82, 2.24) is 19.8 Å². The number of hydrazine groups is 1. The van der Waals surface area contributed by atoms with Gasteiger partial charge in [0.1, 0.15) is 11.6 Å². The van der Waals surface area contributed by atoms with Crippen LogP contribution in [0, 0.1) is 5.82 Å². The Morgan fingerprint density at radius 2 is 1.97 bits per heavy atom. The number of aldehydes is 1. The number of ether oxygens (including phenoxy) is 1. The average Bonchev–Trinajstić information content (AvgIpc) is 3.06. The minimum Gasteiger partial charge on any atom is -0.495 e. The zero-order chi connectivity index (χ0) is 21.7. The van der Waals surface area contributed by atoms with Crippen LogP contribution in [0.2, 0.25) is 5.02 Å². The molecule has 3 aromatic rings. The van der Waals surface area contributed by atoms with Gasteiger partial charge in [-0.2, -0.15) is 5.10 Å². The number of aromatic nitrogens is 2. The molecule has 0 radical (unpaired) electrons. The van der Waals surface area contributed by atoms with E-state index in [1.807, 2.05) is 23.9 Å². The molecular weight excluding hydrogens is 419 g/mol. The highest BCUT2D eigenvalue weighted by Gasteiger charge is 2.55. The maximum absolute atomic E-state index is 13.1. The van der Waals surface area contributed by atoms with Crippen LogP contribution in [0.5, 0.6) is 5.75 Å². The first-order chi connectivity index (χ1) is 15.0. The lowest BCUT2D eigenvalue weighted by Crippen LogP contribution is -2.76. The monoisotopic (exact) mass is 440 g/mol. The van der Waals surface area contributed by atoms with E-state index < -0.39 is 0 Å². The number of hydrogen-bond acceptors (Lipinski definition) is 5.